The van der Waals surface area contributed by atoms with Crippen LogP contribution in [0, 0.1) is 11.3 Å². The van der Waals surface area contributed by atoms with Crippen LogP contribution in [0.2, 0.25) is 0 Å². The molecular formula is C28H47N3O. The number of anilines is 1. The predicted molar refractivity (Wildman–Crippen MR) is 138 cm³/mol. The van der Waals surface area contributed by atoms with Crippen molar-refractivity contribution in [2.75, 3.05) is 24.5 Å². The molecule has 180 valence electrons. The Morgan fingerprint density at radius 1 is 1.16 bits per heavy atom. The molecule has 1 amide bonds. The number of hydrogen-bond donors (Lipinski definition) is 1. The van der Waals surface area contributed by atoms with Gasteiger partial charge in [0, 0.05) is 31.4 Å². The fraction of sp³-hybridized carbons (Fsp3) is 0.679. The van der Waals surface area contributed by atoms with Gasteiger partial charge in [-0.15, -0.1) is 0 Å². The summed E-state index contributed by atoms with van der Waals surface area (Å²) in [5, 5.41) is 0. The van der Waals surface area contributed by atoms with Crippen LogP contribution in [0.4, 0.5) is 5.69 Å². The molecule has 1 heterocycles. The van der Waals surface area contributed by atoms with Gasteiger partial charge in [-0.2, -0.15) is 0 Å². The molecule has 1 aromatic rings. The Morgan fingerprint density at radius 2 is 1.75 bits per heavy atom. The van der Waals surface area contributed by atoms with Crippen molar-refractivity contribution in [3.63, 3.8) is 0 Å². The fourth-order valence-corrected chi connectivity index (χ4v) is 4.36. The molecule has 0 unspecified atom stereocenters. The van der Waals surface area contributed by atoms with Crippen molar-refractivity contribution in [1.29, 1.82) is 0 Å². The summed E-state index contributed by atoms with van der Waals surface area (Å²) in [5.41, 5.74) is 10.6. The highest BCUT2D eigenvalue weighted by Crippen LogP contribution is 2.27. The van der Waals surface area contributed by atoms with Crippen molar-refractivity contribution in [3.8, 4) is 0 Å². The summed E-state index contributed by atoms with van der Waals surface area (Å²) in [5.74, 6) is 0.564. The van der Waals surface area contributed by atoms with Gasteiger partial charge >= 0.3 is 0 Å². The molecular weight excluding hydrogens is 394 g/mol. The van der Waals surface area contributed by atoms with Crippen molar-refractivity contribution < 1.29 is 4.79 Å². The van der Waals surface area contributed by atoms with E-state index in [0.29, 0.717) is 17.4 Å². The minimum atomic E-state index is -0.367. The standard InChI is InChI=1S/C28H47N3O/c1-21(2)13-19-31(24-10-8-23(9-11-24)12-16-28(5,6)7)25-14-17-30(18-15-25)27(32)26(29)20-22(3)4/h8-11,13,22,25-26H,12,14-20,29H2,1-7H3/t26-/m0/s1. The van der Waals surface area contributed by atoms with E-state index in [1.54, 1.807) is 0 Å². The molecule has 1 aromatic carbocycles. The zero-order valence-electron chi connectivity index (χ0n) is 21.7. The molecule has 32 heavy (non-hydrogen) atoms. The van der Waals surface area contributed by atoms with Crippen molar-refractivity contribution in [3.05, 3.63) is 41.5 Å². The first-order valence-corrected chi connectivity index (χ1v) is 12.5. The Bertz CT molecular complexity index is 733. The molecule has 1 aliphatic heterocycles. The largest absolute Gasteiger partial charge is 0.365 e. The average Bonchev–Trinajstić information content (AvgIpc) is 2.72. The molecule has 1 saturated heterocycles. The fourth-order valence-electron chi connectivity index (χ4n) is 4.36. The van der Waals surface area contributed by atoms with Crippen LogP contribution >= 0.6 is 0 Å². The molecule has 4 nitrogen and oxygen atoms in total. The van der Waals surface area contributed by atoms with Gasteiger partial charge < -0.3 is 15.5 Å². The molecule has 1 aliphatic rings. The summed E-state index contributed by atoms with van der Waals surface area (Å²) >= 11 is 0. The van der Waals surface area contributed by atoms with E-state index in [1.165, 1.54) is 23.2 Å². The van der Waals surface area contributed by atoms with Crippen LogP contribution in [0.5, 0.6) is 0 Å². The highest BCUT2D eigenvalue weighted by Gasteiger charge is 2.29. The third kappa shape index (κ3) is 8.61. The number of amides is 1. The number of nitrogens with two attached hydrogens (primary N) is 1. The molecule has 2 rings (SSSR count). The van der Waals surface area contributed by atoms with Crippen molar-refractivity contribution in [1.82, 2.24) is 4.90 Å². The first kappa shape index (κ1) is 26.4. The third-order valence-corrected chi connectivity index (χ3v) is 6.39. The molecule has 0 saturated carbocycles. The topological polar surface area (TPSA) is 49.6 Å². The minimum Gasteiger partial charge on any atom is -0.365 e. The molecule has 1 atom stereocenters. The third-order valence-electron chi connectivity index (χ3n) is 6.39. The zero-order chi connectivity index (χ0) is 23.9. The summed E-state index contributed by atoms with van der Waals surface area (Å²) in [6.07, 6.45) is 7.36. The number of aryl methyl sites for hydroxylation is 1. The lowest BCUT2D eigenvalue weighted by Crippen LogP contribution is -2.51. The van der Waals surface area contributed by atoms with Gasteiger partial charge in [-0.1, -0.05) is 58.4 Å². The molecule has 0 aliphatic carbocycles. The highest BCUT2D eigenvalue weighted by molar-refractivity contribution is 5.81. The second kappa shape index (κ2) is 11.9. The Hall–Kier alpha value is -1.81. The lowest BCUT2D eigenvalue weighted by molar-refractivity contribution is -0.134. The van der Waals surface area contributed by atoms with Gasteiger partial charge in [0.25, 0.3) is 0 Å². The number of nitrogens with zero attached hydrogens (tertiary/aromatic N) is 2. The number of likely N-dealkylation sites (tertiary alicyclic amines) is 1. The number of rotatable bonds is 9. The summed E-state index contributed by atoms with van der Waals surface area (Å²) in [6.45, 7) is 18.0. The van der Waals surface area contributed by atoms with Crippen LogP contribution in [-0.2, 0) is 11.2 Å². The summed E-state index contributed by atoms with van der Waals surface area (Å²) in [7, 11) is 0. The van der Waals surface area contributed by atoms with E-state index < -0.39 is 0 Å². The lowest BCUT2D eigenvalue weighted by atomic mass is 9.88. The molecule has 0 bridgehead atoms. The maximum Gasteiger partial charge on any atom is 0.239 e. The van der Waals surface area contributed by atoms with Crippen LogP contribution in [-0.4, -0.2) is 42.5 Å². The average molecular weight is 442 g/mol. The highest BCUT2D eigenvalue weighted by atomic mass is 16.2. The van der Waals surface area contributed by atoms with Crippen LogP contribution < -0.4 is 10.6 Å². The quantitative estimate of drug-likeness (QED) is 0.493. The Labute approximate surface area is 197 Å². The Morgan fingerprint density at radius 3 is 2.25 bits per heavy atom. The number of allylic oxidation sites excluding steroid dienone is 1. The molecule has 0 radical (unpaired) electrons. The second-order valence-corrected chi connectivity index (χ2v) is 11.5. The van der Waals surface area contributed by atoms with Gasteiger partial charge in [-0.05, 0) is 75.0 Å². The van der Waals surface area contributed by atoms with E-state index in [9.17, 15) is 4.79 Å². The molecule has 0 spiro atoms. The van der Waals surface area contributed by atoms with Crippen LogP contribution in [0.15, 0.2) is 35.9 Å². The van der Waals surface area contributed by atoms with Gasteiger partial charge in [-0.3, -0.25) is 4.79 Å². The van der Waals surface area contributed by atoms with Crippen molar-refractivity contribution in [2.24, 2.45) is 17.1 Å². The molecule has 1 fully saturated rings. The SMILES string of the molecule is CC(C)=CCN(c1ccc(CCC(C)(C)C)cc1)C1CCN(C(=O)[C@@H](N)CC(C)C)CC1. The van der Waals surface area contributed by atoms with Gasteiger partial charge in [0.15, 0.2) is 0 Å². The first-order valence-electron chi connectivity index (χ1n) is 12.5. The zero-order valence-corrected chi connectivity index (χ0v) is 21.7. The van der Waals surface area contributed by atoms with E-state index in [-0.39, 0.29) is 11.9 Å². The number of piperidine rings is 1. The number of hydrogen-bond acceptors (Lipinski definition) is 3. The van der Waals surface area contributed by atoms with Crippen LogP contribution in [0.3, 0.4) is 0 Å². The summed E-state index contributed by atoms with van der Waals surface area (Å²) in [6, 6.07) is 9.23. The van der Waals surface area contributed by atoms with Gasteiger partial charge in [0.1, 0.15) is 0 Å². The minimum absolute atomic E-state index is 0.121. The number of carbonyl (C=O) groups excluding carboxylic acids is 1. The summed E-state index contributed by atoms with van der Waals surface area (Å²) in [4.78, 5) is 17.3. The van der Waals surface area contributed by atoms with Crippen LogP contribution in [0.25, 0.3) is 0 Å². The van der Waals surface area contributed by atoms with Gasteiger partial charge in [0.2, 0.25) is 5.91 Å². The van der Waals surface area contributed by atoms with Crippen molar-refractivity contribution in [2.45, 2.75) is 92.7 Å². The predicted octanol–water partition coefficient (Wildman–Crippen LogP) is 5.80. The van der Waals surface area contributed by atoms with Crippen molar-refractivity contribution >= 4 is 11.6 Å². The monoisotopic (exact) mass is 441 g/mol. The first-order chi connectivity index (χ1) is 15.0. The van der Waals surface area contributed by atoms with Gasteiger partial charge in [-0.25, -0.2) is 0 Å². The Kier molecular flexibility index (Phi) is 9.82. The second-order valence-electron chi connectivity index (χ2n) is 11.5. The van der Waals surface area contributed by atoms with E-state index in [2.05, 4.69) is 83.7 Å². The summed E-state index contributed by atoms with van der Waals surface area (Å²) < 4.78 is 0. The Balaban J connectivity index is 2.05. The van der Waals surface area contributed by atoms with Gasteiger partial charge in [0.05, 0.1) is 6.04 Å². The lowest BCUT2D eigenvalue weighted by Gasteiger charge is -2.40. The van der Waals surface area contributed by atoms with E-state index >= 15 is 0 Å². The smallest absolute Gasteiger partial charge is 0.239 e. The molecule has 2 N–H and O–H groups in total. The van der Waals surface area contributed by atoms with E-state index in [4.69, 9.17) is 5.73 Å². The maximum absolute atomic E-state index is 12.7. The van der Waals surface area contributed by atoms with E-state index in [1.807, 2.05) is 4.90 Å². The number of carbonyl (C=O) groups is 1. The number of benzene rings is 1. The van der Waals surface area contributed by atoms with E-state index in [0.717, 1.165) is 45.3 Å². The normalized spacial score (nSPS) is 16.2. The van der Waals surface area contributed by atoms with Crippen LogP contribution in [0.1, 0.15) is 79.7 Å². The maximum atomic E-state index is 12.7. The molecule has 0 aromatic heterocycles. The molecule has 4 heteroatoms.